The highest BCUT2D eigenvalue weighted by atomic mass is 32.2. The summed E-state index contributed by atoms with van der Waals surface area (Å²) >= 11 is 1.33. The molecule has 5 heteroatoms. The van der Waals surface area contributed by atoms with Crippen molar-refractivity contribution in [1.82, 2.24) is 0 Å². The fourth-order valence-corrected chi connectivity index (χ4v) is 4.63. The second-order valence-corrected chi connectivity index (χ2v) is 8.53. The van der Waals surface area contributed by atoms with Gasteiger partial charge in [0, 0.05) is 0 Å². The molecular weight excluding hydrogens is 360 g/mol. The van der Waals surface area contributed by atoms with Gasteiger partial charge in [0.05, 0.1) is 0 Å². The van der Waals surface area contributed by atoms with Crippen LogP contribution in [0, 0.1) is 6.92 Å². The molecule has 0 saturated carbocycles. The summed E-state index contributed by atoms with van der Waals surface area (Å²) in [6, 6.07) is 12.7. The molecule has 1 aliphatic carbocycles. The number of aliphatic hydroxyl groups excluding tert-OH is 3. The summed E-state index contributed by atoms with van der Waals surface area (Å²) in [6.45, 7) is 2.09. The van der Waals surface area contributed by atoms with Gasteiger partial charge in [-0.3, -0.25) is 0 Å². The Bertz CT molecular complexity index is 835. The van der Waals surface area contributed by atoms with E-state index in [2.05, 4.69) is 31.2 Å². The molecular formula is C22H26O4S. The molecule has 1 fully saturated rings. The van der Waals surface area contributed by atoms with Crippen LogP contribution >= 0.6 is 11.8 Å². The van der Waals surface area contributed by atoms with Crippen molar-refractivity contribution in [3.8, 4) is 0 Å². The molecule has 4 nitrogen and oxygen atoms in total. The van der Waals surface area contributed by atoms with Crippen molar-refractivity contribution < 1.29 is 20.1 Å². The molecule has 0 radical (unpaired) electrons. The zero-order chi connectivity index (χ0) is 19.1. The maximum absolute atomic E-state index is 10.5. The molecule has 27 heavy (non-hydrogen) atoms. The molecule has 0 unspecified atom stereocenters. The molecule has 3 N–H and O–H groups in total. The van der Waals surface area contributed by atoms with Crippen LogP contribution in [0.5, 0.6) is 0 Å². The average molecular weight is 387 g/mol. The molecule has 0 aromatic heterocycles. The summed E-state index contributed by atoms with van der Waals surface area (Å²) in [4.78, 5) is 0. The van der Waals surface area contributed by atoms with Crippen LogP contribution in [0.2, 0.25) is 0 Å². The molecule has 0 bridgehead atoms. The van der Waals surface area contributed by atoms with E-state index in [1.807, 2.05) is 18.4 Å². The van der Waals surface area contributed by atoms with Crippen LogP contribution in [0.3, 0.4) is 0 Å². The highest BCUT2D eigenvalue weighted by molar-refractivity contribution is 7.99. The molecule has 5 atom stereocenters. The number of thioether (sulfide) groups is 1. The summed E-state index contributed by atoms with van der Waals surface area (Å²) in [5.41, 5.74) is 6.84. The Morgan fingerprint density at radius 3 is 2.41 bits per heavy atom. The van der Waals surface area contributed by atoms with Gasteiger partial charge in [0.2, 0.25) is 0 Å². The smallest absolute Gasteiger partial charge is 0.132 e. The monoisotopic (exact) mass is 386 g/mol. The first-order valence-corrected chi connectivity index (χ1v) is 10.7. The Hall–Kier alpha value is -1.37. The van der Waals surface area contributed by atoms with Crippen LogP contribution in [0.25, 0.3) is 0 Å². The van der Waals surface area contributed by atoms with Gasteiger partial charge in [-0.2, -0.15) is 0 Å². The van der Waals surface area contributed by atoms with E-state index in [1.165, 1.54) is 52.4 Å². The lowest BCUT2D eigenvalue weighted by Gasteiger charge is -2.40. The van der Waals surface area contributed by atoms with Crippen LogP contribution in [-0.4, -0.2) is 45.3 Å². The van der Waals surface area contributed by atoms with Crippen molar-refractivity contribution in [2.24, 2.45) is 0 Å². The van der Waals surface area contributed by atoms with E-state index >= 15 is 0 Å². The lowest BCUT2D eigenvalue weighted by atomic mass is 9.85. The third-order valence-electron chi connectivity index (χ3n) is 5.83. The first-order valence-electron chi connectivity index (χ1n) is 9.40. The van der Waals surface area contributed by atoms with Crippen LogP contribution in [0.4, 0.5) is 0 Å². The van der Waals surface area contributed by atoms with Gasteiger partial charge in [0.1, 0.15) is 29.9 Å². The van der Waals surface area contributed by atoms with Crippen molar-refractivity contribution in [3.63, 3.8) is 0 Å². The number of benzene rings is 2. The quantitative estimate of drug-likeness (QED) is 0.753. The van der Waals surface area contributed by atoms with Crippen LogP contribution in [0.1, 0.15) is 39.5 Å². The standard InChI is InChI=1S/C22H26O4S/c1-12-3-5-16(21-19(24)18(23)20(25)22(26-21)27-2)11-17(12)10-13-4-6-14-7-8-15(14)9-13/h3-6,9,11,18-25H,7-8,10H2,1-2H3/t18-,19-,20+,21+,22-/m1/s1. The Morgan fingerprint density at radius 1 is 0.963 bits per heavy atom. The minimum Gasteiger partial charge on any atom is -0.387 e. The maximum Gasteiger partial charge on any atom is 0.132 e. The molecule has 2 aromatic carbocycles. The number of fused-ring (bicyclic) bond motifs is 1. The van der Waals surface area contributed by atoms with Crippen molar-refractivity contribution in [2.75, 3.05) is 6.26 Å². The van der Waals surface area contributed by atoms with Gasteiger partial charge in [-0.1, -0.05) is 36.4 Å². The molecule has 2 aromatic rings. The lowest BCUT2D eigenvalue weighted by Crippen LogP contribution is -2.52. The van der Waals surface area contributed by atoms with Crippen molar-refractivity contribution >= 4 is 11.8 Å². The first kappa shape index (κ1) is 19.0. The second kappa shape index (κ2) is 7.57. The minimum absolute atomic E-state index is 0.564. The molecule has 2 aliphatic rings. The highest BCUT2D eigenvalue weighted by Gasteiger charge is 2.44. The summed E-state index contributed by atoms with van der Waals surface area (Å²) in [5, 5.41) is 30.7. The van der Waals surface area contributed by atoms with Gasteiger partial charge in [-0.05, 0) is 65.8 Å². The third kappa shape index (κ3) is 3.55. The topological polar surface area (TPSA) is 69.9 Å². The second-order valence-electron chi connectivity index (χ2n) is 7.60. The molecule has 1 heterocycles. The Balaban J connectivity index is 1.60. The SMILES string of the molecule is CS[C@H]1O[C@@H](c2ccc(C)c(Cc3ccc4c(c3)CC4)c2)[C@H](O)[C@@H](O)[C@@H]1O. The van der Waals surface area contributed by atoms with Crippen molar-refractivity contribution in [3.05, 3.63) is 69.8 Å². The minimum atomic E-state index is -1.22. The fourth-order valence-electron chi connectivity index (χ4n) is 3.96. The van der Waals surface area contributed by atoms with Crippen LogP contribution < -0.4 is 0 Å². The van der Waals surface area contributed by atoms with E-state index in [4.69, 9.17) is 4.74 Å². The molecule has 1 saturated heterocycles. The van der Waals surface area contributed by atoms with E-state index in [0.717, 1.165) is 12.0 Å². The first-order chi connectivity index (χ1) is 13.0. The summed E-state index contributed by atoms with van der Waals surface area (Å²) in [5.74, 6) is 0. The maximum atomic E-state index is 10.5. The fraction of sp³-hybridized carbons (Fsp3) is 0.455. The number of aliphatic hydroxyl groups is 3. The summed E-state index contributed by atoms with van der Waals surface area (Å²) in [7, 11) is 0. The number of hydrogen-bond acceptors (Lipinski definition) is 5. The normalized spacial score (nSPS) is 29.9. The van der Waals surface area contributed by atoms with Crippen molar-refractivity contribution in [1.29, 1.82) is 0 Å². The van der Waals surface area contributed by atoms with Gasteiger partial charge < -0.3 is 20.1 Å². The van der Waals surface area contributed by atoms with E-state index in [-0.39, 0.29) is 0 Å². The molecule has 0 spiro atoms. The highest BCUT2D eigenvalue weighted by Crippen LogP contribution is 2.36. The number of aryl methyl sites for hydroxylation is 3. The number of rotatable bonds is 4. The van der Waals surface area contributed by atoms with E-state index in [1.54, 1.807) is 0 Å². The van der Waals surface area contributed by atoms with Crippen LogP contribution in [-0.2, 0) is 24.0 Å². The predicted molar refractivity (Wildman–Crippen MR) is 107 cm³/mol. The van der Waals surface area contributed by atoms with Crippen LogP contribution in [0.15, 0.2) is 36.4 Å². The van der Waals surface area contributed by atoms with Gasteiger partial charge in [0.15, 0.2) is 0 Å². The zero-order valence-electron chi connectivity index (χ0n) is 15.6. The van der Waals surface area contributed by atoms with Gasteiger partial charge >= 0.3 is 0 Å². The largest absolute Gasteiger partial charge is 0.387 e. The molecule has 4 rings (SSSR count). The van der Waals surface area contributed by atoms with Gasteiger partial charge in [-0.15, -0.1) is 11.8 Å². The Kier molecular flexibility index (Phi) is 5.32. The molecule has 1 aliphatic heterocycles. The zero-order valence-corrected chi connectivity index (χ0v) is 16.4. The number of ether oxygens (including phenoxy) is 1. The average Bonchev–Trinajstić information content (AvgIpc) is 2.64. The lowest BCUT2D eigenvalue weighted by molar-refractivity contribution is -0.200. The van der Waals surface area contributed by atoms with E-state index in [0.29, 0.717) is 0 Å². The predicted octanol–water partition coefficient (Wildman–Crippen LogP) is 2.53. The van der Waals surface area contributed by atoms with Crippen molar-refractivity contribution in [2.45, 2.75) is 56.0 Å². The Labute approximate surface area is 164 Å². The molecule has 0 amide bonds. The van der Waals surface area contributed by atoms with E-state index in [9.17, 15) is 15.3 Å². The summed E-state index contributed by atoms with van der Waals surface area (Å²) < 4.78 is 5.91. The van der Waals surface area contributed by atoms with Gasteiger partial charge in [0.25, 0.3) is 0 Å². The third-order valence-corrected chi connectivity index (χ3v) is 6.69. The van der Waals surface area contributed by atoms with E-state index < -0.39 is 29.9 Å². The van der Waals surface area contributed by atoms with Gasteiger partial charge in [-0.25, -0.2) is 0 Å². The molecule has 144 valence electrons. The Morgan fingerprint density at radius 2 is 1.74 bits per heavy atom. The number of hydrogen-bond donors (Lipinski definition) is 3. The summed E-state index contributed by atoms with van der Waals surface area (Å²) in [6.07, 6.45) is 0.866.